The quantitative estimate of drug-likeness (QED) is 0.840. The Balaban J connectivity index is 2.66. The molecule has 0 fully saturated rings. The highest BCUT2D eigenvalue weighted by atomic mass is 35.5. The highest BCUT2D eigenvalue weighted by Crippen LogP contribution is 2.28. The van der Waals surface area contributed by atoms with Gasteiger partial charge < -0.3 is 0 Å². The smallest absolute Gasteiger partial charge is 0.156 e. The SMILES string of the molecule is FCC(F)c1cc(Cl)cc2n[nH]nc12. The molecule has 74 valence electrons. The van der Waals surface area contributed by atoms with E-state index in [1.54, 1.807) is 0 Å². The van der Waals surface area contributed by atoms with Crippen molar-refractivity contribution in [1.82, 2.24) is 15.4 Å². The fourth-order valence-electron chi connectivity index (χ4n) is 1.26. The molecule has 0 saturated carbocycles. The Hall–Kier alpha value is -1.23. The molecule has 6 heteroatoms. The summed E-state index contributed by atoms with van der Waals surface area (Å²) in [4.78, 5) is 0. The molecule has 0 saturated heterocycles. The molecular formula is C8H6ClF2N3. The lowest BCUT2D eigenvalue weighted by atomic mass is 10.1. The van der Waals surface area contributed by atoms with Crippen molar-refractivity contribution in [1.29, 1.82) is 0 Å². The largest absolute Gasteiger partial charge is 0.248 e. The number of aromatic nitrogens is 3. The maximum atomic E-state index is 13.1. The number of aromatic amines is 1. The van der Waals surface area contributed by atoms with E-state index in [-0.39, 0.29) is 5.56 Å². The third kappa shape index (κ3) is 1.43. The summed E-state index contributed by atoms with van der Waals surface area (Å²) < 4.78 is 25.3. The molecule has 1 aromatic carbocycles. The van der Waals surface area contributed by atoms with Gasteiger partial charge in [-0.2, -0.15) is 15.4 Å². The van der Waals surface area contributed by atoms with Crippen molar-refractivity contribution in [2.45, 2.75) is 6.17 Å². The predicted octanol–water partition coefficient (Wildman–Crippen LogP) is 2.59. The van der Waals surface area contributed by atoms with Crippen LogP contribution in [-0.4, -0.2) is 22.1 Å². The second-order valence-corrected chi connectivity index (χ2v) is 3.24. The zero-order valence-electron chi connectivity index (χ0n) is 6.97. The minimum absolute atomic E-state index is 0.128. The van der Waals surface area contributed by atoms with Gasteiger partial charge in [-0.15, -0.1) is 0 Å². The molecule has 0 radical (unpaired) electrons. The van der Waals surface area contributed by atoms with Gasteiger partial charge in [0.15, 0.2) is 6.17 Å². The van der Waals surface area contributed by atoms with Crippen LogP contribution in [0.25, 0.3) is 11.0 Å². The van der Waals surface area contributed by atoms with Gasteiger partial charge in [-0.05, 0) is 12.1 Å². The summed E-state index contributed by atoms with van der Waals surface area (Å²) in [6.07, 6.45) is -1.71. The minimum atomic E-state index is -1.71. The van der Waals surface area contributed by atoms with Crippen LogP contribution in [0.5, 0.6) is 0 Å². The van der Waals surface area contributed by atoms with Gasteiger partial charge in [0, 0.05) is 10.6 Å². The van der Waals surface area contributed by atoms with Gasteiger partial charge in [0.25, 0.3) is 0 Å². The fraction of sp³-hybridized carbons (Fsp3) is 0.250. The normalized spacial score (nSPS) is 13.4. The van der Waals surface area contributed by atoms with Crippen LogP contribution in [0.15, 0.2) is 12.1 Å². The van der Waals surface area contributed by atoms with E-state index >= 15 is 0 Å². The third-order valence-corrected chi connectivity index (χ3v) is 2.11. The van der Waals surface area contributed by atoms with Crippen molar-refractivity contribution in [2.75, 3.05) is 6.67 Å². The molecule has 0 aliphatic carbocycles. The van der Waals surface area contributed by atoms with E-state index in [4.69, 9.17) is 11.6 Å². The number of H-pyrrole nitrogens is 1. The number of fused-ring (bicyclic) bond motifs is 1. The van der Waals surface area contributed by atoms with E-state index in [1.165, 1.54) is 12.1 Å². The van der Waals surface area contributed by atoms with Crippen molar-refractivity contribution in [3.63, 3.8) is 0 Å². The summed E-state index contributed by atoms with van der Waals surface area (Å²) in [5.74, 6) is 0. The van der Waals surface area contributed by atoms with E-state index < -0.39 is 12.8 Å². The molecule has 0 aliphatic heterocycles. The Kier molecular flexibility index (Phi) is 2.33. The molecular weight excluding hydrogens is 212 g/mol. The molecule has 3 nitrogen and oxygen atoms in total. The van der Waals surface area contributed by atoms with Crippen LogP contribution < -0.4 is 0 Å². The van der Waals surface area contributed by atoms with Gasteiger partial charge in [0.05, 0.1) is 0 Å². The second-order valence-electron chi connectivity index (χ2n) is 2.81. The van der Waals surface area contributed by atoms with Crippen molar-refractivity contribution < 1.29 is 8.78 Å². The number of hydrogen-bond acceptors (Lipinski definition) is 2. The molecule has 1 unspecified atom stereocenters. The third-order valence-electron chi connectivity index (χ3n) is 1.89. The van der Waals surface area contributed by atoms with Gasteiger partial charge in [-0.3, -0.25) is 0 Å². The molecule has 0 bridgehead atoms. The minimum Gasteiger partial charge on any atom is -0.248 e. The Morgan fingerprint density at radius 1 is 1.43 bits per heavy atom. The zero-order chi connectivity index (χ0) is 10.1. The highest BCUT2D eigenvalue weighted by Gasteiger charge is 2.16. The summed E-state index contributed by atoms with van der Waals surface area (Å²) in [5, 5.41) is 10.1. The number of alkyl halides is 2. The van der Waals surface area contributed by atoms with E-state index in [2.05, 4.69) is 15.4 Å². The van der Waals surface area contributed by atoms with E-state index in [9.17, 15) is 8.78 Å². The first-order chi connectivity index (χ1) is 6.72. The van der Waals surface area contributed by atoms with Gasteiger partial charge in [0.2, 0.25) is 0 Å². The lowest BCUT2D eigenvalue weighted by Gasteiger charge is -2.04. The Morgan fingerprint density at radius 3 is 2.93 bits per heavy atom. The monoisotopic (exact) mass is 217 g/mol. The Morgan fingerprint density at radius 2 is 2.21 bits per heavy atom. The van der Waals surface area contributed by atoms with Crippen molar-refractivity contribution in [2.24, 2.45) is 0 Å². The molecule has 1 atom stereocenters. The van der Waals surface area contributed by atoms with Crippen LogP contribution in [0.1, 0.15) is 11.7 Å². The fourth-order valence-corrected chi connectivity index (χ4v) is 1.48. The molecule has 0 amide bonds. The number of halogens is 3. The van der Waals surface area contributed by atoms with Crippen LogP contribution >= 0.6 is 11.6 Å². The maximum absolute atomic E-state index is 13.1. The number of benzene rings is 1. The summed E-state index contributed by atoms with van der Waals surface area (Å²) >= 11 is 5.71. The van der Waals surface area contributed by atoms with Crippen LogP contribution in [0.3, 0.4) is 0 Å². The molecule has 1 aromatic heterocycles. The molecule has 1 heterocycles. The summed E-state index contributed by atoms with van der Waals surface area (Å²) in [7, 11) is 0. The number of hydrogen-bond donors (Lipinski definition) is 1. The molecule has 1 N–H and O–H groups in total. The summed E-state index contributed by atoms with van der Waals surface area (Å²) in [6.45, 7) is -1.09. The first-order valence-corrected chi connectivity index (χ1v) is 4.30. The van der Waals surface area contributed by atoms with Crippen molar-refractivity contribution in [3.8, 4) is 0 Å². The summed E-state index contributed by atoms with van der Waals surface area (Å²) in [5.41, 5.74) is 0.881. The number of nitrogens with zero attached hydrogens (tertiary/aromatic N) is 2. The molecule has 0 spiro atoms. The van der Waals surface area contributed by atoms with Crippen LogP contribution in [0.2, 0.25) is 5.02 Å². The predicted molar refractivity (Wildman–Crippen MR) is 48.7 cm³/mol. The van der Waals surface area contributed by atoms with Crippen LogP contribution in [0, 0.1) is 0 Å². The molecule has 2 aromatic rings. The van der Waals surface area contributed by atoms with E-state index in [0.29, 0.717) is 16.1 Å². The van der Waals surface area contributed by atoms with Crippen LogP contribution in [-0.2, 0) is 0 Å². The Bertz CT molecular complexity index is 457. The standard InChI is InChI=1S/C8H6ClF2N3/c9-4-1-5(6(11)3-10)8-7(2-4)12-14-13-8/h1-2,6H,3H2,(H,12,13,14). The van der Waals surface area contributed by atoms with Gasteiger partial charge >= 0.3 is 0 Å². The topological polar surface area (TPSA) is 41.6 Å². The van der Waals surface area contributed by atoms with Gasteiger partial charge in [-0.1, -0.05) is 11.6 Å². The second kappa shape index (κ2) is 3.49. The zero-order valence-corrected chi connectivity index (χ0v) is 7.72. The lowest BCUT2D eigenvalue weighted by molar-refractivity contribution is 0.267. The summed E-state index contributed by atoms with van der Waals surface area (Å²) in [6, 6.07) is 2.89. The number of nitrogens with one attached hydrogen (secondary N) is 1. The molecule has 0 aliphatic rings. The van der Waals surface area contributed by atoms with Gasteiger partial charge in [-0.25, -0.2) is 8.78 Å². The molecule has 14 heavy (non-hydrogen) atoms. The van der Waals surface area contributed by atoms with Crippen molar-refractivity contribution >= 4 is 22.6 Å². The number of rotatable bonds is 2. The average Bonchev–Trinajstić information content (AvgIpc) is 2.62. The maximum Gasteiger partial charge on any atom is 0.156 e. The lowest BCUT2D eigenvalue weighted by Crippen LogP contribution is -1.95. The van der Waals surface area contributed by atoms with Crippen molar-refractivity contribution in [3.05, 3.63) is 22.7 Å². The van der Waals surface area contributed by atoms with Crippen LogP contribution in [0.4, 0.5) is 8.78 Å². The van der Waals surface area contributed by atoms with E-state index in [1.807, 2.05) is 0 Å². The first kappa shape index (κ1) is 9.33. The van der Waals surface area contributed by atoms with E-state index in [0.717, 1.165) is 0 Å². The highest BCUT2D eigenvalue weighted by molar-refractivity contribution is 6.31. The molecule has 2 rings (SSSR count). The van der Waals surface area contributed by atoms with Gasteiger partial charge in [0.1, 0.15) is 17.7 Å². The first-order valence-electron chi connectivity index (χ1n) is 3.92. The average molecular weight is 218 g/mol. The Labute approximate surface area is 83.1 Å².